The highest BCUT2D eigenvalue weighted by molar-refractivity contribution is 5.85. The lowest BCUT2D eigenvalue weighted by Crippen LogP contribution is -2.34. The molecule has 28 heavy (non-hydrogen) atoms. The van der Waals surface area contributed by atoms with Gasteiger partial charge in [-0.3, -0.25) is 0 Å². The molecule has 0 atom stereocenters. The number of rotatable bonds is 3. The Morgan fingerprint density at radius 2 is 1.86 bits per heavy atom. The van der Waals surface area contributed by atoms with Crippen molar-refractivity contribution in [3.8, 4) is 11.5 Å². The smallest absolute Gasteiger partial charge is 0.334 e. The Morgan fingerprint density at radius 1 is 1.18 bits per heavy atom. The minimum absolute atomic E-state index is 0. The van der Waals surface area contributed by atoms with Crippen LogP contribution in [-0.2, 0) is 11.7 Å². The van der Waals surface area contributed by atoms with Gasteiger partial charge in [0.2, 0.25) is 5.82 Å². The van der Waals surface area contributed by atoms with E-state index in [1.54, 1.807) is 32.0 Å². The van der Waals surface area contributed by atoms with E-state index in [9.17, 15) is 13.2 Å². The number of fused-ring (bicyclic) bond motifs is 1. The Morgan fingerprint density at radius 3 is 2.46 bits per heavy atom. The van der Waals surface area contributed by atoms with Gasteiger partial charge in [0.1, 0.15) is 0 Å². The minimum atomic E-state index is -4.53. The summed E-state index contributed by atoms with van der Waals surface area (Å²) in [5.41, 5.74) is 6.91. The van der Waals surface area contributed by atoms with E-state index in [1.807, 2.05) is 0 Å². The van der Waals surface area contributed by atoms with Crippen LogP contribution in [0.15, 0.2) is 22.7 Å². The number of nitrogens with zero attached hydrogens (tertiary/aromatic N) is 4. The number of benzene rings is 1. The second-order valence-electron chi connectivity index (χ2n) is 7.39. The van der Waals surface area contributed by atoms with Crippen LogP contribution in [0.2, 0.25) is 0 Å². The molecular weight excluding hydrogens is 395 g/mol. The van der Waals surface area contributed by atoms with Crippen LogP contribution >= 0.6 is 12.4 Å². The highest BCUT2D eigenvalue weighted by Gasteiger charge is 2.39. The summed E-state index contributed by atoms with van der Waals surface area (Å²) < 4.78 is 46.6. The zero-order valence-electron chi connectivity index (χ0n) is 15.5. The second kappa shape index (κ2) is 7.04. The van der Waals surface area contributed by atoms with Gasteiger partial charge in [0.05, 0.1) is 16.6 Å². The number of imidazole rings is 1. The summed E-state index contributed by atoms with van der Waals surface area (Å²) in [5.74, 6) is -0.238. The molecule has 0 bridgehead atoms. The van der Waals surface area contributed by atoms with Gasteiger partial charge in [-0.1, -0.05) is 18.0 Å². The third kappa shape index (κ3) is 3.37. The van der Waals surface area contributed by atoms with Crippen molar-refractivity contribution < 1.29 is 17.7 Å². The molecule has 2 aromatic heterocycles. The predicted molar refractivity (Wildman–Crippen MR) is 100.0 cm³/mol. The molecule has 152 valence electrons. The molecular formula is C18H21ClF3N5O. The van der Waals surface area contributed by atoms with E-state index in [2.05, 4.69) is 15.1 Å². The molecule has 1 fully saturated rings. The van der Waals surface area contributed by atoms with E-state index < -0.39 is 17.5 Å². The quantitative estimate of drug-likeness (QED) is 0.662. The summed E-state index contributed by atoms with van der Waals surface area (Å²) in [5, 5.41) is 4.00. The Balaban J connectivity index is 0.00000225. The molecule has 0 aliphatic heterocycles. The molecule has 1 aromatic carbocycles. The molecule has 3 aromatic rings. The molecule has 1 aliphatic carbocycles. The fourth-order valence-corrected chi connectivity index (χ4v) is 3.73. The average molecular weight is 416 g/mol. The van der Waals surface area contributed by atoms with Crippen molar-refractivity contribution in [3.05, 3.63) is 29.8 Å². The predicted octanol–water partition coefficient (Wildman–Crippen LogP) is 4.84. The van der Waals surface area contributed by atoms with Gasteiger partial charge in [0, 0.05) is 11.6 Å². The summed E-state index contributed by atoms with van der Waals surface area (Å²) in [6.07, 6.45) is -0.925. The van der Waals surface area contributed by atoms with E-state index >= 15 is 0 Å². The van der Waals surface area contributed by atoms with E-state index in [1.165, 1.54) is 4.57 Å². The van der Waals surface area contributed by atoms with Crippen LogP contribution in [0.1, 0.15) is 57.2 Å². The van der Waals surface area contributed by atoms with E-state index in [0.29, 0.717) is 16.9 Å². The topological polar surface area (TPSA) is 82.8 Å². The van der Waals surface area contributed by atoms with Gasteiger partial charge in [0.25, 0.3) is 5.89 Å². The summed E-state index contributed by atoms with van der Waals surface area (Å²) >= 11 is 0. The fraction of sp³-hybridized carbons (Fsp3) is 0.500. The van der Waals surface area contributed by atoms with Gasteiger partial charge >= 0.3 is 6.18 Å². The third-order valence-corrected chi connectivity index (χ3v) is 5.07. The largest absolute Gasteiger partial charge is 0.449 e. The van der Waals surface area contributed by atoms with Gasteiger partial charge in [0.15, 0.2) is 5.82 Å². The van der Waals surface area contributed by atoms with Crippen molar-refractivity contribution in [2.45, 2.75) is 57.3 Å². The fourth-order valence-electron chi connectivity index (χ4n) is 3.73. The molecule has 2 N–H and O–H groups in total. The number of hydrogen-bond acceptors (Lipinski definition) is 5. The van der Waals surface area contributed by atoms with Crippen molar-refractivity contribution >= 4 is 23.4 Å². The standard InChI is InChI=1S/C18H20F3N5O.ClH/c1-10(2)26-13-6-5-11(9-12(13)23-16(26)18(19,20)21)14-24-15(25-27-14)17(22)7-3-4-8-17;/h5-6,9-10H,3-4,7-8,22H2,1-2H3;1H. The van der Waals surface area contributed by atoms with Crippen LogP contribution in [0.25, 0.3) is 22.5 Å². The van der Waals surface area contributed by atoms with Crippen LogP contribution in [0.5, 0.6) is 0 Å². The van der Waals surface area contributed by atoms with Gasteiger partial charge < -0.3 is 14.8 Å². The Kier molecular flexibility index (Phi) is 5.18. The first-order chi connectivity index (χ1) is 12.7. The summed E-state index contributed by atoms with van der Waals surface area (Å²) in [7, 11) is 0. The Bertz CT molecular complexity index is 989. The molecule has 4 rings (SSSR count). The monoisotopic (exact) mass is 415 g/mol. The van der Waals surface area contributed by atoms with Crippen LogP contribution in [0.3, 0.4) is 0 Å². The zero-order chi connectivity index (χ0) is 19.4. The molecule has 0 amide bonds. The van der Waals surface area contributed by atoms with E-state index in [4.69, 9.17) is 10.3 Å². The molecule has 0 saturated heterocycles. The van der Waals surface area contributed by atoms with Crippen molar-refractivity contribution in [1.82, 2.24) is 19.7 Å². The van der Waals surface area contributed by atoms with Crippen molar-refractivity contribution in [2.24, 2.45) is 5.73 Å². The van der Waals surface area contributed by atoms with Crippen LogP contribution < -0.4 is 5.73 Å². The maximum absolute atomic E-state index is 13.4. The second-order valence-corrected chi connectivity index (χ2v) is 7.39. The molecule has 6 nitrogen and oxygen atoms in total. The molecule has 1 aliphatic rings. The normalized spacial score (nSPS) is 16.7. The highest BCUT2D eigenvalue weighted by Crippen LogP contribution is 2.37. The van der Waals surface area contributed by atoms with Gasteiger partial charge in [-0.05, 0) is 44.9 Å². The number of halogens is 4. The first kappa shape index (κ1) is 20.6. The Labute approximate surface area is 165 Å². The lowest BCUT2D eigenvalue weighted by Gasteiger charge is -2.17. The van der Waals surface area contributed by atoms with Crippen LogP contribution in [-0.4, -0.2) is 19.7 Å². The minimum Gasteiger partial charge on any atom is -0.334 e. The first-order valence-electron chi connectivity index (χ1n) is 8.92. The van der Waals surface area contributed by atoms with E-state index in [0.717, 1.165) is 25.7 Å². The summed E-state index contributed by atoms with van der Waals surface area (Å²) in [6, 6.07) is 4.42. The van der Waals surface area contributed by atoms with Crippen LogP contribution in [0, 0.1) is 0 Å². The maximum Gasteiger partial charge on any atom is 0.449 e. The number of nitrogens with two attached hydrogens (primary N) is 1. The summed E-state index contributed by atoms with van der Waals surface area (Å²) in [4.78, 5) is 8.21. The molecule has 0 radical (unpaired) electrons. The lowest BCUT2D eigenvalue weighted by molar-refractivity contribution is -0.147. The maximum atomic E-state index is 13.4. The molecule has 0 spiro atoms. The van der Waals surface area contributed by atoms with Crippen molar-refractivity contribution in [2.75, 3.05) is 0 Å². The zero-order valence-corrected chi connectivity index (χ0v) is 16.3. The molecule has 0 unspecified atom stereocenters. The number of aromatic nitrogens is 4. The van der Waals surface area contributed by atoms with Crippen LogP contribution in [0.4, 0.5) is 13.2 Å². The first-order valence-corrected chi connectivity index (χ1v) is 8.92. The SMILES string of the molecule is CC(C)n1c(C(F)(F)F)nc2cc(-c3nc(C4(N)CCCC4)no3)ccc21.Cl. The number of hydrogen-bond donors (Lipinski definition) is 1. The lowest BCUT2D eigenvalue weighted by atomic mass is 9.99. The number of alkyl halides is 3. The highest BCUT2D eigenvalue weighted by atomic mass is 35.5. The van der Waals surface area contributed by atoms with E-state index in [-0.39, 0.29) is 29.9 Å². The molecule has 2 heterocycles. The van der Waals surface area contributed by atoms with Gasteiger partial charge in [-0.2, -0.15) is 18.2 Å². The van der Waals surface area contributed by atoms with Crippen molar-refractivity contribution in [3.63, 3.8) is 0 Å². The molecule has 10 heteroatoms. The summed E-state index contributed by atoms with van der Waals surface area (Å²) in [6.45, 7) is 3.38. The third-order valence-electron chi connectivity index (χ3n) is 5.07. The average Bonchev–Trinajstić information content (AvgIpc) is 3.31. The Hall–Kier alpha value is -2.13. The van der Waals surface area contributed by atoms with Gasteiger partial charge in [-0.15, -0.1) is 12.4 Å². The molecule has 1 saturated carbocycles. The van der Waals surface area contributed by atoms with Gasteiger partial charge in [-0.25, -0.2) is 4.98 Å². The van der Waals surface area contributed by atoms with Crippen molar-refractivity contribution in [1.29, 1.82) is 0 Å².